The molecule has 1 N–H and O–H groups in total. The first-order valence-corrected chi connectivity index (χ1v) is 9.96. The predicted octanol–water partition coefficient (Wildman–Crippen LogP) is 3.46. The van der Waals surface area contributed by atoms with Gasteiger partial charge >= 0.3 is 5.97 Å². The Labute approximate surface area is 164 Å². The third kappa shape index (κ3) is 4.06. The number of carbonyl (C=O) groups is 2. The molecule has 0 spiro atoms. The molecule has 1 amide bonds. The molecule has 146 valence electrons. The van der Waals surface area contributed by atoms with Crippen LogP contribution in [0.15, 0.2) is 30.5 Å². The molecule has 4 rings (SSSR count). The van der Waals surface area contributed by atoms with Crippen LogP contribution in [0.4, 0.5) is 0 Å². The van der Waals surface area contributed by atoms with E-state index in [0.717, 1.165) is 49.2 Å². The lowest BCUT2D eigenvalue weighted by Gasteiger charge is -2.32. The van der Waals surface area contributed by atoms with Crippen LogP contribution in [0.1, 0.15) is 69.4 Å². The second-order valence-corrected chi connectivity index (χ2v) is 7.95. The minimum Gasteiger partial charge on any atom is -0.478 e. The Bertz CT molecular complexity index is 900. The highest BCUT2D eigenvalue weighted by molar-refractivity contribution is 5.95. The third-order valence-corrected chi connectivity index (χ3v) is 5.77. The molecule has 0 radical (unpaired) electrons. The first-order chi connectivity index (χ1) is 13.5. The van der Waals surface area contributed by atoms with Crippen LogP contribution in [-0.4, -0.2) is 44.9 Å². The Morgan fingerprint density at radius 1 is 1.18 bits per heavy atom. The van der Waals surface area contributed by atoms with E-state index in [0.29, 0.717) is 36.1 Å². The van der Waals surface area contributed by atoms with Crippen LogP contribution in [0.3, 0.4) is 0 Å². The number of hydrogen-bond acceptors (Lipinski definition) is 4. The number of carbonyl (C=O) groups excluding carboxylic acids is 1. The van der Waals surface area contributed by atoms with Crippen LogP contribution in [0, 0.1) is 12.8 Å². The average Bonchev–Trinajstić information content (AvgIpc) is 3.53. The van der Waals surface area contributed by atoms with Crippen molar-refractivity contribution in [2.45, 2.75) is 44.9 Å². The van der Waals surface area contributed by atoms with E-state index in [1.165, 1.54) is 0 Å². The lowest BCUT2D eigenvalue weighted by molar-refractivity contribution is 0.0680. The lowest BCUT2D eigenvalue weighted by atomic mass is 9.89. The number of nitrogens with zero attached hydrogens (tertiary/aromatic N) is 3. The molecular formula is C22H25N3O3. The van der Waals surface area contributed by atoms with E-state index in [2.05, 4.69) is 9.97 Å². The van der Waals surface area contributed by atoms with Gasteiger partial charge in [-0.15, -0.1) is 0 Å². The van der Waals surface area contributed by atoms with Gasteiger partial charge in [-0.2, -0.15) is 0 Å². The molecule has 1 saturated heterocycles. The molecule has 0 unspecified atom stereocenters. The van der Waals surface area contributed by atoms with Gasteiger partial charge in [0.1, 0.15) is 5.82 Å². The van der Waals surface area contributed by atoms with Gasteiger partial charge in [0.2, 0.25) is 0 Å². The Morgan fingerprint density at radius 2 is 1.93 bits per heavy atom. The highest BCUT2D eigenvalue weighted by Crippen LogP contribution is 2.38. The number of rotatable bonds is 5. The van der Waals surface area contributed by atoms with Crippen LogP contribution in [0.5, 0.6) is 0 Å². The Hall–Kier alpha value is -2.76. The molecule has 2 aliphatic rings. The van der Waals surface area contributed by atoms with Crippen molar-refractivity contribution in [1.82, 2.24) is 14.9 Å². The van der Waals surface area contributed by atoms with E-state index < -0.39 is 5.97 Å². The Kier molecular flexibility index (Phi) is 5.11. The molecule has 1 saturated carbocycles. The lowest BCUT2D eigenvalue weighted by Crippen LogP contribution is -2.39. The average molecular weight is 379 g/mol. The fraction of sp³-hybridized carbons (Fsp3) is 0.455. The molecule has 0 atom stereocenters. The fourth-order valence-electron chi connectivity index (χ4n) is 3.91. The summed E-state index contributed by atoms with van der Waals surface area (Å²) in [4.78, 5) is 34.9. The summed E-state index contributed by atoms with van der Waals surface area (Å²) in [6.07, 6.45) is 6.68. The highest BCUT2D eigenvalue weighted by Gasteiger charge is 2.29. The monoisotopic (exact) mass is 379 g/mol. The molecule has 1 aromatic heterocycles. The minimum atomic E-state index is -0.896. The molecular weight excluding hydrogens is 354 g/mol. The van der Waals surface area contributed by atoms with Crippen LogP contribution in [0.25, 0.3) is 0 Å². The first-order valence-electron chi connectivity index (χ1n) is 9.96. The summed E-state index contributed by atoms with van der Waals surface area (Å²) >= 11 is 0. The van der Waals surface area contributed by atoms with Crippen molar-refractivity contribution in [2.24, 2.45) is 5.92 Å². The van der Waals surface area contributed by atoms with Crippen LogP contribution in [0.2, 0.25) is 0 Å². The molecule has 2 heterocycles. The summed E-state index contributed by atoms with van der Waals surface area (Å²) in [7, 11) is 0. The summed E-state index contributed by atoms with van der Waals surface area (Å²) in [5.74, 6) is 0.941. The van der Waals surface area contributed by atoms with Gasteiger partial charge in [-0.1, -0.05) is 12.1 Å². The van der Waals surface area contributed by atoms with E-state index in [1.54, 1.807) is 24.4 Å². The number of aryl methyl sites for hydroxylation is 1. The van der Waals surface area contributed by atoms with Gasteiger partial charge in [0, 0.05) is 25.2 Å². The number of benzene rings is 1. The number of piperidine rings is 1. The summed E-state index contributed by atoms with van der Waals surface area (Å²) in [6, 6.07) is 7.14. The van der Waals surface area contributed by atoms with Crippen LogP contribution < -0.4 is 0 Å². The molecule has 1 aliphatic heterocycles. The summed E-state index contributed by atoms with van der Waals surface area (Å²) in [5, 5.41) is 9.14. The second-order valence-electron chi connectivity index (χ2n) is 7.95. The first kappa shape index (κ1) is 18.6. The Morgan fingerprint density at radius 3 is 2.57 bits per heavy atom. The molecule has 28 heavy (non-hydrogen) atoms. The molecule has 2 aromatic rings. The largest absolute Gasteiger partial charge is 0.478 e. The summed E-state index contributed by atoms with van der Waals surface area (Å²) < 4.78 is 0. The van der Waals surface area contributed by atoms with Crippen LogP contribution >= 0.6 is 0 Å². The predicted molar refractivity (Wildman–Crippen MR) is 104 cm³/mol. The van der Waals surface area contributed by atoms with Gasteiger partial charge in [0.05, 0.1) is 16.8 Å². The topological polar surface area (TPSA) is 83.4 Å². The number of carboxylic acid groups (broad SMARTS) is 1. The van der Waals surface area contributed by atoms with E-state index in [1.807, 2.05) is 17.9 Å². The van der Waals surface area contributed by atoms with E-state index in [9.17, 15) is 9.59 Å². The van der Waals surface area contributed by atoms with Gasteiger partial charge in [0.25, 0.3) is 5.91 Å². The zero-order valence-electron chi connectivity index (χ0n) is 16.1. The van der Waals surface area contributed by atoms with Gasteiger partial charge in [-0.05, 0) is 62.6 Å². The number of likely N-dealkylation sites (tertiary alicyclic amines) is 1. The third-order valence-electron chi connectivity index (χ3n) is 5.77. The fourth-order valence-corrected chi connectivity index (χ4v) is 3.91. The van der Waals surface area contributed by atoms with Crippen molar-refractivity contribution in [3.8, 4) is 0 Å². The Balaban J connectivity index is 1.35. The number of amides is 1. The van der Waals surface area contributed by atoms with Crippen molar-refractivity contribution in [2.75, 3.05) is 13.1 Å². The zero-order chi connectivity index (χ0) is 19.7. The van der Waals surface area contributed by atoms with Crippen molar-refractivity contribution < 1.29 is 14.7 Å². The SMILES string of the molecule is Cc1nc(C2CC2)ncc1C(=O)N1CCC(Cc2cccc(C(=O)O)c2)CC1. The van der Waals surface area contributed by atoms with Crippen LogP contribution in [-0.2, 0) is 6.42 Å². The van der Waals surface area contributed by atoms with Gasteiger partial charge < -0.3 is 10.0 Å². The van der Waals surface area contributed by atoms with Gasteiger partial charge in [0.15, 0.2) is 0 Å². The number of carboxylic acids is 1. The smallest absolute Gasteiger partial charge is 0.335 e. The molecule has 1 aliphatic carbocycles. The second kappa shape index (κ2) is 7.70. The summed E-state index contributed by atoms with van der Waals surface area (Å²) in [5.41, 5.74) is 2.76. The number of aromatic nitrogens is 2. The van der Waals surface area contributed by atoms with Crippen molar-refractivity contribution >= 4 is 11.9 Å². The maximum absolute atomic E-state index is 12.9. The highest BCUT2D eigenvalue weighted by atomic mass is 16.4. The van der Waals surface area contributed by atoms with Crippen molar-refractivity contribution in [3.63, 3.8) is 0 Å². The standard InChI is InChI=1S/C22H25N3O3/c1-14-19(13-23-20(24-14)17-5-6-17)21(26)25-9-7-15(8-10-25)11-16-3-2-4-18(12-16)22(27)28/h2-4,12-13,15,17H,5-11H2,1H3,(H,27,28). The maximum atomic E-state index is 12.9. The van der Waals surface area contributed by atoms with Gasteiger partial charge in [-0.3, -0.25) is 4.79 Å². The molecule has 6 heteroatoms. The van der Waals surface area contributed by atoms with E-state index in [-0.39, 0.29) is 5.91 Å². The van der Waals surface area contributed by atoms with Gasteiger partial charge in [-0.25, -0.2) is 14.8 Å². The van der Waals surface area contributed by atoms with Crippen molar-refractivity contribution in [1.29, 1.82) is 0 Å². The normalized spacial score (nSPS) is 17.5. The summed E-state index contributed by atoms with van der Waals surface area (Å²) in [6.45, 7) is 3.32. The zero-order valence-corrected chi connectivity index (χ0v) is 16.1. The molecule has 1 aromatic carbocycles. The molecule has 6 nitrogen and oxygen atoms in total. The number of hydrogen-bond donors (Lipinski definition) is 1. The molecule has 2 fully saturated rings. The van der Waals surface area contributed by atoms with E-state index in [4.69, 9.17) is 5.11 Å². The number of aromatic carboxylic acids is 1. The van der Waals surface area contributed by atoms with E-state index >= 15 is 0 Å². The quantitative estimate of drug-likeness (QED) is 0.860. The molecule has 0 bridgehead atoms. The van der Waals surface area contributed by atoms with Crippen molar-refractivity contribution in [3.05, 3.63) is 58.7 Å². The minimum absolute atomic E-state index is 0.0196. The maximum Gasteiger partial charge on any atom is 0.335 e.